The lowest BCUT2D eigenvalue weighted by molar-refractivity contribution is -0.148. The van der Waals surface area contributed by atoms with Gasteiger partial charge in [-0.1, -0.05) is 0 Å². The van der Waals surface area contributed by atoms with Gasteiger partial charge in [0.25, 0.3) is 0 Å². The van der Waals surface area contributed by atoms with Crippen LogP contribution in [0.25, 0.3) is 0 Å². The number of likely N-dealkylation sites (tertiary alicyclic amines) is 2. The molecule has 0 saturated carbocycles. The fraction of sp³-hybridized carbons (Fsp3) is 0.704. The van der Waals surface area contributed by atoms with Crippen LogP contribution in [0.5, 0.6) is 0 Å². The van der Waals surface area contributed by atoms with Gasteiger partial charge in [-0.15, -0.1) is 0 Å². The average Bonchev–Trinajstić information content (AvgIpc) is 3.67. The molecule has 252 valence electrons. The highest BCUT2D eigenvalue weighted by atomic mass is 16.3. The van der Waals surface area contributed by atoms with Crippen LogP contribution in [-0.2, 0) is 38.4 Å². The van der Waals surface area contributed by atoms with Crippen molar-refractivity contribution in [3.05, 3.63) is 0 Å². The minimum atomic E-state index is -1.59. The number of nitrogens with two attached hydrogens (primary N) is 1. The van der Waals surface area contributed by atoms with Gasteiger partial charge in [0.05, 0.1) is 19.3 Å². The van der Waals surface area contributed by atoms with Crippen LogP contribution < -0.4 is 32.3 Å². The van der Waals surface area contributed by atoms with E-state index in [0.717, 1.165) is 0 Å². The minimum absolute atomic E-state index is 0.214. The van der Waals surface area contributed by atoms with Gasteiger partial charge in [0.1, 0.15) is 36.3 Å². The summed E-state index contributed by atoms with van der Waals surface area (Å²) in [5, 5.41) is 31.3. The second kappa shape index (κ2) is 16.7. The first-order chi connectivity index (χ1) is 21.1. The predicted octanol–water partition coefficient (Wildman–Crippen LogP) is -5.06. The molecule has 2 saturated heterocycles. The molecule has 7 atom stereocenters. The van der Waals surface area contributed by atoms with Crippen LogP contribution in [0.4, 0.5) is 0 Å². The average molecular weight is 641 g/mol. The van der Waals surface area contributed by atoms with Crippen LogP contribution in [0, 0.1) is 0 Å². The van der Waals surface area contributed by atoms with E-state index >= 15 is 0 Å². The van der Waals surface area contributed by atoms with Crippen LogP contribution in [0.2, 0.25) is 0 Å². The largest absolute Gasteiger partial charge is 0.394 e. The molecule has 0 aliphatic carbocycles. The highest BCUT2D eigenvalue weighted by Crippen LogP contribution is 2.25. The molecule has 0 aromatic rings. The minimum Gasteiger partial charge on any atom is -0.394 e. The molecule has 7 unspecified atom stereocenters. The summed E-state index contributed by atoms with van der Waals surface area (Å²) in [5.74, 6) is -5.51. The first-order valence-corrected chi connectivity index (χ1v) is 14.7. The smallest absolute Gasteiger partial charge is 0.246 e. The lowest BCUT2D eigenvalue weighted by Crippen LogP contribution is -2.61. The zero-order valence-electron chi connectivity index (χ0n) is 25.8. The summed E-state index contributed by atoms with van der Waals surface area (Å²) >= 11 is 0. The van der Waals surface area contributed by atoms with Gasteiger partial charge in [-0.05, 0) is 46.5 Å². The van der Waals surface area contributed by atoms with Crippen molar-refractivity contribution in [1.82, 2.24) is 36.4 Å². The summed E-state index contributed by atoms with van der Waals surface area (Å²) in [6.07, 6.45) is 0.288. The Morgan fingerprint density at radius 1 is 0.822 bits per heavy atom. The summed E-state index contributed by atoms with van der Waals surface area (Å²) in [6, 6.07) is -6.94. The zero-order chi connectivity index (χ0) is 34.0. The van der Waals surface area contributed by atoms with Gasteiger partial charge >= 0.3 is 0 Å². The van der Waals surface area contributed by atoms with E-state index in [4.69, 9.17) is 5.73 Å². The maximum Gasteiger partial charge on any atom is 0.246 e. The Morgan fingerprint density at radius 3 is 1.98 bits per heavy atom. The number of primary amides is 1. The Hall–Kier alpha value is -4.32. The molecular formula is C27H44N8O10. The summed E-state index contributed by atoms with van der Waals surface area (Å²) in [5.41, 5.74) is 5.23. The predicted molar refractivity (Wildman–Crippen MR) is 155 cm³/mol. The van der Waals surface area contributed by atoms with Gasteiger partial charge in [0.15, 0.2) is 0 Å². The SMILES string of the molecule is CC(=O)NCC(=O)NC(CO)C(=O)NC(C(=O)NC(C)C(=O)N1CCCC1C(=O)N1CCCC1C(=O)NC(C)C(N)=O)C(C)O. The molecular weight excluding hydrogens is 596 g/mol. The van der Waals surface area contributed by atoms with E-state index < -0.39 is 103 Å². The molecule has 8 amide bonds. The molecule has 0 spiro atoms. The Labute approximate surface area is 260 Å². The maximum atomic E-state index is 13.5. The Bertz CT molecular complexity index is 1160. The first kappa shape index (κ1) is 36.9. The number of aliphatic hydroxyl groups excluding tert-OH is 2. The van der Waals surface area contributed by atoms with Crippen molar-refractivity contribution in [2.75, 3.05) is 26.2 Å². The van der Waals surface area contributed by atoms with Gasteiger partial charge in [-0.25, -0.2) is 0 Å². The fourth-order valence-corrected chi connectivity index (χ4v) is 5.08. The first-order valence-electron chi connectivity index (χ1n) is 14.7. The van der Waals surface area contributed by atoms with Gasteiger partial charge in [-0.2, -0.15) is 0 Å². The number of carbonyl (C=O) groups excluding carboxylic acids is 8. The summed E-state index contributed by atoms with van der Waals surface area (Å²) in [6.45, 7) is 4.38. The van der Waals surface area contributed by atoms with E-state index in [0.29, 0.717) is 25.7 Å². The number of nitrogens with zero attached hydrogens (tertiary/aromatic N) is 2. The quantitative estimate of drug-likeness (QED) is 0.0895. The van der Waals surface area contributed by atoms with Crippen LogP contribution in [0.15, 0.2) is 0 Å². The Balaban J connectivity index is 2.05. The third-order valence-corrected chi connectivity index (χ3v) is 7.57. The fourth-order valence-electron chi connectivity index (χ4n) is 5.08. The molecule has 0 aromatic carbocycles. The Kier molecular flexibility index (Phi) is 13.7. The van der Waals surface area contributed by atoms with E-state index in [9.17, 15) is 48.6 Å². The summed E-state index contributed by atoms with van der Waals surface area (Å²) < 4.78 is 0. The van der Waals surface area contributed by atoms with Crippen LogP contribution >= 0.6 is 0 Å². The summed E-state index contributed by atoms with van der Waals surface area (Å²) in [7, 11) is 0. The molecule has 2 rings (SSSR count). The molecule has 2 heterocycles. The van der Waals surface area contributed by atoms with Gasteiger partial charge in [-0.3, -0.25) is 38.4 Å². The van der Waals surface area contributed by atoms with Crippen molar-refractivity contribution < 1.29 is 48.6 Å². The van der Waals surface area contributed by atoms with Crippen molar-refractivity contribution >= 4 is 47.3 Å². The lowest BCUT2D eigenvalue weighted by atomic mass is 10.1. The van der Waals surface area contributed by atoms with Gasteiger partial charge in [0.2, 0.25) is 47.3 Å². The highest BCUT2D eigenvalue weighted by Gasteiger charge is 2.43. The number of nitrogens with one attached hydrogen (secondary N) is 5. The molecule has 0 aromatic heterocycles. The van der Waals surface area contributed by atoms with Crippen molar-refractivity contribution in [2.45, 2.75) is 95.7 Å². The monoisotopic (exact) mass is 640 g/mol. The van der Waals surface area contributed by atoms with Crippen molar-refractivity contribution in [2.24, 2.45) is 5.73 Å². The summed E-state index contributed by atoms with van der Waals surface area (Å²) in [4.78, 5) is 102. The van der Waals surface area contributed by atoms with E-state index in [-0.39, 0.29) is 13.1 Å². The van der Waals surface area contributed by atoms with Crippen molar-refractivity contribution in [3.63, 3.8) is 0 Å². The number of hydrogen-bond acceptors (Lipinski definition) is 10. The van der Waals surface area contributed by atoms with Gasteiger partial charge < -0.3 is 52.3 Å². The molecule has 2 fully saturated rings. The molecule has 45 heavy (non-hydrogen) atoms. The number of aliphatic hydroxyl groups is 2. The molecule has 0 bridgehead atoms. The van der Waals surface area contributed by atoms with Crippen LogP contribution in [0.1, 0.15) is 53.4 Å². The number of amides is 8. The van der Waals surface area contributed by atoms with Gasteiger partial charge in [0, 0.05) is 20.0 Å². The van der Waals surface area contributed by atoms with E-state index in [1.807, 2.05) is 0 Å². The topological polar surface area (TPSA) is 270 Å². The van der Waals surface area contributed by atoms with E-state index in [2.05, 4.69) is 26.6 Å². The zero-order valence-corrected chi connectivity index (χ0v) is 25.8. The second-order valence-electron chi connectivity index (χ2n) is 11.2. The second-order valence-corrected chi connectivity index (χ2v) is 11.2. The van der Waals surface area contributed by atoms with Crippen molar-refractivity contribution in [3.8, 4) is 0 Å². The normalized spacial score (nSPS) is 21.0. The number of carbonyl (C=O) groups is 8. The molecule has 18 nitrogen and oxygen atoms in total. The van der Waals surface area contributed by atoms with Crippen LogP contribution in [0.3, 0.4) is 0 Å². The third-order valence-electron chi connectivity index (χ3n) is 7.57. The van der Waals surface area contributed by atoms with Crippen LogP contribution in [-0.4, -0.2) is 136 Å². The molecule has 9 N–H and O–H groups in total. The molecule has 0 radical (unpaired) electrons. The molecule has 2 aliphatic rings. The molecule has 18 heteroatoms. The number of rotatable bonds is 14. The number of hydrogen-bond donors (Lipinski definition) is 8. The highest BCUT2D eigenvalue weighted by molar-refractivity contribution is 5.97. The van der Waals surface area contributed by atoms with E-state index in [1.54, 1.807) is 0 Å². The Morgan fingerprint density at radius 2 is 1.42 bits per heavy atom. The van der Waals surface area contributed by atoms with Crippen molar-refractivity contribution in [1.29, 1.82) is 0 Å². The molecule has 2 aliphatic heterocycles. The third kappa shape index (κ3) is 10.1. The lowest BCUT2D eigenvalue weighted by Gasteiger charge is -2.33. The van der Waals surface area contributed by atoms with E-state index in [1.165, 1.54) is 37.5 Å². The standard InChI is InChI=1S/C27H44N8O10/c1-13(22(28)40)30-24(42)18-7-5-9-34(18)27(45)19-8-6-10-35(19)26(44)14(2)31-25(43)21(15(3)37)33-23(41)17(12-36)32-20(39)11-29-16(4)38/h13-15,17-19,21,36-37H,5-12H2,1-4H3,(H2,28,40)(H,29,38)(H,30,42)(H,31,43)(H,32,39)(H,33,41). The maximum absolute atomic E-state index is 13.5.